The second kappa shape index (κ2) is 10.3. The number of carbonyl (C=O) groups is 5. The molecule has 0 aliphatic heterocycles. The summed E-state index contributed by atoms with van der Waals surface area (Å²) < 4.78 is 5.33. The molecule has 1 aromatic carbocycles. The molecule has 42 heavy (non-hydrogen) atoms. The Balaban J connectivity index is 1.46. The van der Waals surface area contributed by atoms with Gasteiger partial charge in [-0.1, -0.05) is 12.8 Å². The summed E-state index contributed by atoms with van der Waals surface area (Å²) in [5, 5.41) is 26.7. The molecule has 1 heterocycles. The number of phenolic OH excluding ortho intramolecular Hbond substituents is 1. The molecule has 4 aliphatic rings. The van der Waals surface area contributed by atoms with Gasteiger partial charge in [-0.15, -0.1) is 0 Å². The number of primary amides is 1. The maximum atomic E-state index is 14.2. The molecule has 1 aromatic heterocycles. The first-order valence-corrected chi connectivity index (χ1v) is 14.4. The second-order valence-corrected chi connectivity index (χ2v) is 12.4. The van der Waals surface area contributed by atoms with Gasteiger partial charge in [0.1, 0.15) is 5.75 Å². The summed E-state index contributed by atoms with van der Waals surface area (Å²) in [6.45, 7) is 0.307. The maximum Gasteiger partial charge on any atom is 0.235 e. The molecule has 11 heteroatoms. The lowest BCUT2D eigenvalue weighted by Crippen LogP contribution is -2.74. The summed E-state index contributed by atoms with van der Waals surface area (Å²) in [7, 11) is 3.12. The molecule has 1 amide bonds. The number of fused-ring (bicyclic) bond motifs is 3. The van der Waals surface area contributed by atoms with E-state index in [0.29, 0.717) is 34.8 Å². The van der Waals surface area contributed by atoms with E-state index in [1.54, 1.807) is 26.4 Å². The predicted molar refractivity (Wildman–Crippen MR) is 148 cm³/mol. The van der Waals surface area contributed by atoms with E-state index in [9.17, 15) is 34.2 Å². The van der Waals surface area contributed by atoms with Gasteiger partial charge in [0.2, 0.25) is 5.91 Å². The van der Waals surface area contributed by atoms with Crippen LogP contribution in [0.1, 0.15) is 53.6 Å². The van der Waals surface area contributed by atoms with Gasteiger partial charge < -0.3 is 25.7 Å². The zero-order chi connectivity index (χ0) is 30.1. The summed E-state index contributed by atoms with van der Waals surface area (Å²) in [5.74, 6) is -10.5. The first-order valence-electron chi connectivity index (χ1n) is 14.4. The van der Waals surface area contributed by atoms with Crippen LogP contribution in [0.15, 0.2) is 29.1 Å². The van der Waals surface area contributed by atoms with Crippen molar-refractivity contribution in [2.75, 3.05) is 14.1 Å². The van der Waals surface area contributed by atoms with Crippen molar-refractivity contribution in [2.45, 2.75) is 62.8 Å². The van der Waals surface area contributed by atoms with E-state index in [1.165, 1.54) is 11.2 Å². The fraction of sp³-hybridized carbons (Fsp3) is 0.516. The van der Waals surface area contributed by atoms with Gasteiger partial charge in [-0.05, 0) is 69.0 Å². The van der Waals surface area contributed by atoms with E-state index in [-0.39, 0.29) is 24.2 Å². The minimum atomic E-state index is -2.75. The first-order chi connectivity index (χ1) is 20.0. The Morgan fingerprint density at radius 2 is 1.88 bits per heavy atom. The smallest absolute Gasteiger partial charge is 0.235 e. The molecule has 5 N–H and O–H groups in total. The van der Waals surface area contributed by atoms with Crippen molar-refractivity contribution >= 4 is 29.0 Å². The molecule has 3 saturated carbocycles. The number of hydrogen-bond donors (Lipinski definition) is 4. The van der Waals surface area contributed by atoms with E-state index in [1.807, 2.05) is 6.07 Å². The number of Topliss-reactive ketones (excluding diaryl/α,β-unsaturated/α-hetero) is 4. The van der Waals surface area contributed by atoms with Crippen LogP contribution in [0, 0.1) is 23.7 Å². The number of ketones is 4. The van der Waals surface area contributed by atoms with Crippen LogP contribution in [0.5, 0.6) is 5.75 Å². The Hall–Kier alpha value is -3.67. The third-order valence-electron chi connectivity index (χ3n) is 9.91. The van der Waals surface area contributed by atoms with Crippen LogP contribution in [-0.4, -0.2) is 75.9 Å². The minimum absolute atomic E-state index is 0.000467. The van der Waals surface area contributed by atoms with Crippen LogP contribution in [0.3, 0.4) is 0 Å². The lowest BCUT2D eigenvalue weighted by molar-refractivity contribution is -0.181. The first kappa shape index (κ1) is 28.4. The Morgan fingerprint density at radius 1 is 1.17 bits per heavy atom. The fourth-order valence-corrected chi connectivity index (χ4v) is 7.92. The monoisotopic (exact) mass is 577 g/mol. The lowest BCUT2D eigenvalue weighted by Gasteiger charge is -2.52. The van der Waals surface area contributed by atoms with Crippen LogP contribution < -0.4 is 11.1 Å². The average molecular weight is 578 g/mol. The molecule has 3 fully saturated rings. The summed E-state index contributed by atoms with van der Waals surface area (Å²) in [5.41, 5.74) is 5.07. The summed E-state index contributed by atoms with van der Waals surface area (Å²) in [6.07, 6.45) is 7.54. The highest BCUT2D eigenvalue weighted by molar-refractivity contribution is 6.32. The largest absolute Gasteiger partial charge is 0.507 e. The van der Waals surface area contributed by atoms with E-state index in [2.05, 4.69) is 5.32 Å². The van der Waals surface area contributed by atoms with Crippen molar-refractivity contribution in [3.05, 3.63) is 41.3 Å². The van der Waals surface area contributed by atoms with Gasteiger partial charge in [0, 0.05) is 29.6 Å². The quantitative estimate of drug-likeness (QED) is 0.364. The zero-order valence-corrected chi connectivity index (χ0v) is 23.6. The molecular formula is C31H35N3O8. The topological polar surface area (TPSA) is 180 Å². The van der Waals surface area contributed by atoms with Gasteiger partial charge in [-0.2, -0.15) is 0 Å². The Bertz CT molecular complexity index is 1490. The van der Waals surface area contributed by atoms with Gasteiger partial charge in [0.25, 0.3) is 0 Å². The number of nitrogens with two attached hydrogens (primary N) is 1. The molecule has 0 bridgehead atoms. The number of hydrogen-bond acceptors (Lipinski definition) is 10. The van der Waals surface area contributed by atoms with Crippen molar-refractivity contribution in [3.63, 3.8) is 0 Å². The normalized spacial score (nSPS) is 31.3. The van der Waals surface area contributed by atoms with Crippen molar-refractivity contribution in [1.29, 1.82) is 0 Å². The number of benzene rings is 1. The van der Waals surface area contributed by atoms with Crippen molar-refractivity contribution < 1.29 is 38.6 Å². The Kier molecular flexibility index (Phi) is 6.94. The molecule has 2 unspecified atom stereocenters. The van der Waals surface area contributed by atoms with E-state index in [0.717, 1.165) is 25.7 Å². The number of rotatable bonds is 6. The van der Waals surface area contributed by atoms with E-state index in [4.69, 9.17) is 10.2 Å². The standard InChI is InChI=1S/C31H35N3O8/c1-34(2)24-20-11-15-9-19-18(14-7-8-42-13-14)10-16(12-33-17-5-3-4-6-17)25(35)22(19)26(36)21(15)28(38)31(20,41)29(39)23(27(24)37)30(32)40/h7-8,10,13,15,17,20-21,23-24,33,35,41H,3-6,9,11-12H2,1-2H3,(H2,32,40)/t15-,20-,21?,23?,24-,31-/m0/s1. The molecule has 11 nitrogen and oxygen atoms in total. The van der Waals surface area contributed by atoms with Gasteiger partial charge in [-0.25, -0.2) is 0 Å². The third-order valence-corrected chi connectivity index (χ3v) is 9.91. The predicted octanol–water partition coefficient (Wildman–Crippen LogP) is 1.16. The number of aromatic hydroxyl groups is 1. The Labute approximate surface area is 242 Å². The lowest BCUT2D eigenvalue weighted by atomic mass is 9.52. The van der Waals surface area contributed by atoms with Gasteiger partial charge in [0.15, 0.2) is 34.7 Å². The third kappa shape index (κ3) is 4.09. The van der Waals surface area contributed by atoms with E-state index >= 15 is 0 Å². The van der Waals surface area contributed by atoms with Crippen LogP contribution in [0.4, 0.5) is 0 Å². The molecule has 4 aliphatic carbocycles. The number of carbonyl (C=O) groups excluding carboxylic acids is 5. The second-order valence-electron chi connectivity index (χ2n) is 12.4. The molecule has 0 saturated heterocycles. The molecule has 6 rings (SSSR count). The van der Waals surface area contributed by atoms with Crippen molar-refractivity contribution in [1.82, 2.24) is 10.2 Å². The maximum absolute atomic E-state index is 14.2. The fourth-order valence-electron chi connectivity index (χ4n) is 7.92. The number of phenols is 1. The molecule has 0 radical (unpaired) electrons. The van der Waals surface area contributed by atoms with Crippen LogP contribution in [-0.2, 0) is 32.1 Å². The molecular weight excluding hydrogens is 542 g/mol. The Morgan fingerprint density at radius 3 is 2.50 bits per heavy atom. The molecule has 0 spiro atoms. The SMILES string of the molecule is CN(C)[C@@H]1C(=O)C(C(N)=O)C(=O)[C@@]2(O)C(=O)C3C(=O)c4c(O)c(CNC5CCCC5)cc(-c5ccoc5)c4C[C@H]3C[C@@H]12. The zero-order valence-electron chi connectivity index (χ0n) is 23.6. The summed E-state index contributed by atoms with van der Waals surface area (Å²) >= 11 is 0. The summed E-state index contributed by atoms with van der Waals surface area (Å²) in [4.78, 5) is 68.8. The van der Waals surface area contributed by atoms with Crippen LogP contribution in [0.25, 0.3) is 11.1 Å². The summed E-state index contributed by atoms with van der Waals surface area (Å²) in [6, 6.07) is 2.75. The van der Waals surface area contributed by atoms with Crippen LogP contribution in [0.2, 0.25) is 0 Å². The number of nitrogens with one attached hydrogen (secondary N) is 1. The highest BCUT2D eigenvalue weighted by Crippen LogP contribution is 2.52. The minimum Gasteiger partial charge on any atom is -0.507 e. The number of likely N-dealkylation sites (N-methyl/N-ethyl adjacent to an activating group) is 1. The van der Waals surface area contributed by atoms with Crippen LogP contribution >= 0.6 is 0 Å². The highest BCUT2D eigenvalue weighted by Gasteiger charge is 2.69. The van der Waals surface area contributed by atoms with Crippen molar-refractivity contribution in [2.24, 2.45) is 29.4 Å². The highest BCUT2D eigenvalue weighted by atomic mass is 16.3. The van der Waals surface area contributed by atoms with Gasteiger partial charge in [-0.3, -0.25) is 28.9 Å². The number of aliphatic hydroxyl groups is 1. The number of amides is 1. The number of furan rings is 1. The molecule has 6 atom stereocenters. The molecule has 2 aromatic rings. The van der Waals surface area contributed by atoms with Gasteiger partial charge in [0.05, 0.1) is 30.0 Å². The average Bonchev–Trinajstić information content (AvgIpc) is 3.65. The molecule has 222 valence electrons. The number of nitrogens with zero attached hydrogens (tertiary/aromatic N) is 1. The van der Waals surface area contributed by atoms with E-state index < -0.39 is 64.4 Å². The van der Waals surface area contributed by atoms with Crippen molar-refractivity contribution in [3.8, 4) is 16.9 Å². The van der Waals surface area contributed by atoms with Gasteiger partial charge >= 0.3 is 0 Å².